The van der Waals surface area contributed by atoms with E-state index in [4.69, 9.17) is 11.6 Å². The fourth-order valence-electron chi connectivity index (χ4n) is 1.93. The molecule has 0 aliphatic rings. The Morgan fingerprint density at radius 1 is 1.32 bits per heavy atom. The van der Waals surface area contributed by atoms with E-state index in [9.17, 15) is 0 Å². The minimum Gasteiger partial charge on any atom is -0.311 e. The van der Waals surface area contributed by atoms with E-state index in [2.05, 4.69) is 35.3 Å². The zero-order valence-electron chi connectivity index (χ0n) is 11.5. The minimum absolute atomic E-state index is 0.146. The SMILES string of the molecule is CNC(Cc1ccn(C(C)C)n1)c1ccc(Cl)cn1. The van der Waals surface area contributed by atoms with Crippen LogP contribution in [0, 0.1) is 0 Å². The van der Waals surface area contributed by atoms with Crippen LogP contribution in [0.25, 0.3) is 0 Å². The van der Waals surface area contributed by atoms with Gasteiger partial charge in [-0.3, -0.25) is 9.67 Å². The number of rotatable bonds is 5. The quantitative estimate of drug-likeness (QED) is 0.914. The number of aromatic nitrogens is 3. The highest BCUT2D eigenvalue weighted by Crippen LogP contribution is 2.17. The van der Waals surface area contributed by atoms with Crippen molar-refractivity contribution in [3.05, 3.63) is 47.0 Å². The van der Waals surface area contributed by atoms with Gasteiger partial charge >= 0.3 is 0 Å². The van der Waals surface area contributed by atoms with E-state index in [0.717, 1.165) is 17.8 Å². The molecule has 0 aliphatic carbocycles. The summed E-state index contributed by atoms with van der Waals surface area (Å²) < 4.78 is 1.97. The average Bonchev–Trinajstić information content (AvgIpc) is 2.86. The number of nitrogens with zero attached hydrogens (tertiary/aromatic N) is 3. The summed E-state index contributed by atoms with van der Waals surface area (Å²) in [4.78, 5) is 4.36. The van der Waals surface area contributed by atoms with Gasteiger partial charge in [-0.1, -0.05) is 11.6 Å². The van der Waals surface area contributed by atoms with Gasteiger partial charge in [-0.2, -0.15) is 5.10 Å². The molecule has 0 fully saturated rings. The lowest BCUT2D eigenvalue weighted by atomic mass is 10.1. The molecule has 1 atom stereocenters. The molecule has 2 heterocycles. The maximum Gasteiger partial charge on any atom is 0.0644 e. The van der Waals surface area contributed by atoms with Crippen LogP contribution in [0.2, 0.25) is 5.02 Å². The van der Waals surface area contributed by atoms with Crippen molar-refractivity contribution >= 4 is 11.6 Å². The Morgan fingerprint density at radius 2 is 2.11 bits per heavy atom. The van der Waals surface area contributed by atoms with Crippen LogP contribution < -0.4 is 5.32 Å². The molecule has 0 amide bonds. The van der Waals surface area contributed by atoms with Crippen molar-refractivity contribution in [1.29, 1.82) is 0 Å². The van der Waals surface area contributed by atoms with Crippen molar-refractivity contribution in [1.82, 2.24) is 20.1 Å². The molecule has 4 nitrogen and oxygen atoms in total. The molecule has 0 bridgehead atoms. The zero-order valence-corrected chi connectivity index (χ0v) is 12.2. The van der Waals surface area contributed by atoms with Crippen molar-refractivity contribution in [2.24, 2.45) is 0 Å². The Balaban J connectivity index is 2.12. The fourth-order valence-corrected chi connectivity index (χ4v) is 2.04. The molecular weight excluding hydrogens is 260 g/mol. The predicted molar refractivity (Wildman–Crippen MR) is 77.4 cm³/mol. The highest BCUT2D eigenvalue weighted by atomic mass is 35.5. The highest BCUT2D eigenvalue weighted by molar-refractivity contribution is 6.30. The third kappa shape index (κ3) is 3.55. The number of hydrogen-bond donors (Lipinski definition) is 1. The number of nitrogens with one attached hydrogen (secondary N) is 1. The second-order valence-corrected chi connectivity index (χ2v) is 5.26. The van der Waals surface area contributed by atoms with Gasteiger partial charge in [0.25, 0.3) is 0 Å². The lowest BCUT2D eigenvalue weighted by Crippen LogP contribution is -2.20. The zero-order chi connectivity index (χ0) is 13.8. The largest absolute Gasteiger partial charge is 0.311 e. The first-order chi connectivity index (χ1) is 9.10. The Hall–Kier alpha value is -1.39. The van der Waals surface area contributed by atoms with Gasteiger partial charge in [-0.15, -0.1) is 0 Å². The molecule has 0 radical (unpaired) electrons. The molecule has 2 aromatic heterocycles. The van der Waals surface area contributed by atoms with Gasteiger partial charge in [0, 0.05) is 24.9 Å². The third-order valence-electron chi connectivity index (χ3n) is 3.06. The summed E-state index contributed by atoms with van der Waals surface area (Å²) >= 11 is 5.86. The fraction of sp³-hybridized carbons (Fsp3) is 0.429. The maximum atomic E-state index is 5.86. The number of pyridine rings is 1. The smallest absolute Gasteiger partial charge is 0.0644 e. The first-order valence-corrected chi connectivity index (χ1v) is 6.80. The van der Waals surface area contributed by atoms with Crippen LogP contribution in [0.3, 0.4) is 0 Å². The van der Waals surface area contributed by atoms with Crippen molar-refractivity contribution in [2.45, 2.75) is 32.4 Å². The Morgan fingerprint density at radius 3 is 2.63 bits per heavy atom. The number of hydrogen-bond acceptors (Lipinski definition) is 3. The summed E-state index contributed by atoms with van der Waals surface area (Å²) in [6.45, 7) is 4.24. The van der Waals surface area contributed by atoms with Crippen LogP contribution >= 0.6 is 11.6 Å². The molecule has 0 saturated carbocycles. The van der Waals surface area contributed by atoms with Gasteiger partial charge < -0.3 is 5.32 Å². The van der Waals surface area contributed by atoms with Gasteiger partial charge in [-0.05, 0) is 39.1 Å². The molecule has 0 saturated heterocycles. The summed E-state index contributed by atoms with van der Waals surface area (Å²) in [5, 5.41) is 8.49. The van der Waals surface area contributed by atoms with Crippen molar-refractivity contribution < 1.29 is 0 Å². The summed E-state index contributed by atoms with van der Waals surface area (Å²) in [5.74, 6) is 0. The van der Waals surface area contributed by atoms with Gasteiger partial charge in [0.15, 0.2) is 0 Å². The summed E-state index contributed by atoms with van der Waals surface area (Å²) in [7, 11) is 1.93. The lowest BCUT2D eigenvalue weighted by Gasteiger charge is -2.14. The Labute approximate surface area is 118 Å². The molecular formula is C14H19ClN4. The van der Waals surface area contributed by atoms with E-state index in [1.54, 1.807) is 6.20 Å². The van der Waals surface area contributed by atoms with Crippen LogP contribution in [-0.2, 0) is 6.42 Å². The number of likely N-dealkylation sites (N-methyl/N-ethyl adjacent to an activating group) is 1. The molecule has 0 spiro atoms. The van der Waals surface area contributed by atoms with Crippen LogP contribution in [0.5, 0.6) is 0 Å². The highest BCUT2D eigenvalue weighted by Gasteiger charge is 2.13. The maximum absolute atomic E-state index is 5.86. The minimum atomic E-state index is 0.146. The van der Waals surface area contributed by atoms with Gasteiger partial charge in [-0.25, -0.2) is 0 Å². The second kappa shape index (κ2) is 6.17. The summed E-state index contributed by atoms with van der Waals surface area (Å²) in [6, 6.07) is 6.40. The molecule has 1 N–H and O–H groups in total. The van der Waals surface area contributed by atoms with Crippen molar-refractivity contribution in [2.75, 3.05) is 7.05 Å². The molecule has 0 aromatic carbocycles. The molecule has 102 valence electrons. The normalized spacial score (nSPS) is 12.9. The monoisotopic (exact) mass is 278 g/mol. The predicted octanol–water partition coefficient (Wildman–Crippen LogP) is 3.02. The summed E-state index contributed by atoms with van der Waals surface area (Å²) in [6.07, 6.45) is 4.50. The van der Waals surface area contributed by atoms with Crippen LogP contribution in [0.15, 0.2) is 30.6 Å². The molecule has 5 heteroatoms. The standard InChI is InChI=1S/C14H19ClN4/c1-10(2)19-7-6-12(18-19)8-14(16-3)13-5-4-11(15)9-17-13/h4-7,9-10,14,16H,8H2,1-3H3. The first-order valence-electron chi connectivity index (χ1n) is 6.43. The molecule has 0 aliphatic heterocycles. The van der Waals surface area contributed by atoms with Gasteiger partial charge in [0.05, 0.1) is 22.5 Å². The van der Waals surface area contributed by atoms with Crippen molar-refractivity contribution in [3.63, 3.8) is 0 Å². The van der Waals surface area contributed by atoms with Crippen LogP contribution in [-0.4, -0.2) is 21.8 Å². The average molecular weight is 279 g/mol. The van der Waals surface area contributed by atoms with E-state index in [1.807, 2.05) is 30.1 Å². The Bertz CT molecular complexity index is 518. The van der Waals surface area contributed by atoms with Crippen molar-refractivity contribution in [3.8, 4) is 0 Å². The van der Waals surface area contributed by atoms with Crippen LogP contribution in [0.1, 0.15) is 37.3 Å². The van der Waals surface area contributed by atoms with Crippen LogP contribution in [0.4, 0.5) is 0 Å². The molecule has 2 rings (SSSR count). The Kier molecular flexibility index (Phi) is 4.56. The van der Waals surface area contributed by atoms with Gasteiger partial charge in [0.2, 0.25) is 0 Å². The molecule has 19 heavy (non-hydrogen) atoms. The second-order valence-electron chi connectivity index (χ2n) is 4.83. The van der Waals surface area contributed by atoms with E-state index in [1.165, 1.54) is 0 Å². The molecule has 2 aromatic rings. The third-order valence-corrected chi connectivity index (χ3v) is 3.29. The van der Waals surface area contributed by atoms with E-state index in [-0.39, 0.29) is 6.04 Å². The number of halogens is 1. The van der Waals surface area contributed by atoms with E-state index >= 15 is 0 Å². The van der Waals surface area contributed by atoms with E-state index < -0.39 is 0 Å². The van der Waals surface area contributed by atoms with E-state index in [0.29, 0.717) is 11.1 Å². The van der Waals surface area contributed by atoms with Gasteiger partial charge in [0.1, 0.15) is 0 Å². The topological polar surface area (TPSA) is 42.7 Å². The lowest BCUT2D eigenvalue weighted by molar-refractivity contribution is 0.512. The first kappa shape index (κ1) is 14.0. The summed E-state index contributed by atoms with van der Waals surface area (Å²) in [5.41, 5.74) is 2.04. The molecule has 1 unspecified atom stereocenters.